The second kappa shape index (κ2) is 5.35. The third-order valence-corrected chi connectivity index (χ3v) is 4.17. The fourth-order valence-electron chi connectivity index (χ4n) is 2.23. The molecule has 17 heavy (non-hydrogen) atoms. The van der Waals surface area contributed by atoms with E-state index < -0.39 is 0 Å². The van der Waals surface area contributed by atoms with Crippen LogP contribution in [0.25, 0.3) is 0 Å². The van der Waals surface area contributed by atoms with E-state index >= 15 is 0 Å². The molecule has 2 saturated heterocycles. The van der Waals surface area contributed by atoms with Crippen LogP contribution in [-0.2, 0) is 14.3 Å². The molecule has 2 aliphatic rings. The number of carbonyl (C=O) groups excluding carboxylic acids is 2. The van der Waals surface area contributed by atoms with E-state index in [2.05, 4.69) is 15.9 Å². The zero-order valence-electron chi connectivity index (χ0n) is 9.89. The summed E-state index contributed by atoms with van der Waals surface area (Å²) in [4.78, 5) is 27.3. The van der Waals surface area contributed by atoms with Crippen LogP contribution in [-0.4, -0.2) is 65.3 Å². The lowest BCUT2D eigenvalue weighted by Crippen LogP contribution is -2.51. The molecular formula is C11H17BrN2O3. The lowest BCUT2D eigenvalue weighted by Gasteiger charge is -2.32. The molecule has 2 fully saturated rings. The predicted octanol–water partition coefficient (Wildman–Crippen LogP) is 0.229. The monoisotopic (exact) mass is 304 g/mol. The summed E-state index contributed by atoms with van der Waals surface area (Å²) in [6, 6.07) is -0.358. The second-order valence-electron chi connectivity index (χ2n) is 4.40. The summed E-state index contributed by atoms with van der Waals surface area (Å²) in [5, 5.41) is 0. The fourth-order valence-corrected chi connectivity index (χ4v) is 2.70. The number of rotatable bonds is 2. The maximum Gasteiger partial charge on any atom is 0.245 e. The molecule has 0 aromatic rings. The van der Waals surface area contributed by atoms with Crippen molar-refractivity contribution in [3.05, 3.63) is 0 Å². The van der Waals surface area contributed by atoms with Gasteiger partial charge in [-0.3, -0.25) is 9.59 Å². The van der Waals surface area contributed by atoms with Crippen molar-refractivity contribution in [2.24, 2.45) is 0 Å². The topological polar surface area (TPSA) is 49.9 Å². The molecule has 0 radical (unpaired) electrons. The molecular weight excluding hydrogens is 288 g/mol. The predicted molar refractivity (Wildman–Crippen MR) is 65.9 cm³/mol. The number of amides is 2. The van der Waals surface area contributed by atoms with E-state index in [9.17, 15) is 9.59 Å². The Labute approximate surface area is 109 Å². The largest absolute Gasteiger partial charge is 0.378 e. The number of carbonyl (C=O) groups is 2. The molecule has 0 spiro atoms. The van der Waals surface area contributed by atoms with Gasteiger partial charge in [-0.2, -0.15) is 0 Å². The van der Waals surface area contributed by atoms with Gasteiger partial charge in [0, 0.05) is 19.6 Å². The normalized spacial score (nSPS) is 27.4. The van der Waals surface area contributed by atoms with Crippen LogP contribution in [0, 0.1) is 0 Å². The first-order valence-corrected chi connectivity index (χ1v) is 6.84. The van der Waals surface area contributed by atoms with Crippen LogP contribution >= 0.6 is 15.9 Å². The van der Waals surface area contributed by atoms with E-state index in [1.807, 2.05) is 0 Å². The second-order valence-corrected chi connectivity index (χ2v) is 5.51. The molecule has 2 heterocycles. The van der Waals surface area contributed by atoms with E-state index in [-0.39, 0.29) is 22.7 Å². The minimum atomic E-state index is -0.358. The fraction of sp³-hybridized carbons (Fsp3) is 0.818. The summed E-state index contributed by atoms with van der Waals surface area (Å²) >= 11 is 3.32. The highest BCUT2D eigenvalue weighted by atomic mass is 79.9. The van der Waals surface area contributed by atoms with E-state index in [0.29, 0.717) is 32.8 Å². The molecule has 0 aliphatic carbocycles. The maximum atomic E-state index is 12.2. The molecule has 0 saturated carbocycles. The molecule has 0 aromatic carbocycles. The van der Waals surface area contributed by atoms with E-state index in [1.54, 1.807) is 16.7 Å². The van der Waals surface area contributed by atoms with Crippen molar-refractivity contribution >= 4 is 27.7 Å². The zero-order valence-corrected chi connectivity index (χ0v) is 11.5. The molecule has 5 nitrogen and oxygen atoms in total. The lowest BCUT2D eigenvalue weighted by atomic mass is 10.2. The minimum absolute atomic E-state index is 0.0270. The van der Waals surface area contributed by atoms with Gasteiger partial charge in [0.25, 0.3) is 0 Å². The highest BCUT2D eigenvalue weighted by Crippen LogP contribution is 2.21. The van der Waals surface area contributed by atoms with Gasteiger partial charge in [0.15, 0.2) is 0 Å². The summed E-state index contributed by atoms with van der Waals surface area (Å²) < 4.78 is 5.21. The molecule has 6 heteroatoms. The standard InChI is InChI=1S/C11H17BrN2O3/c1-8(14-3-2-9(12)11(14)16)10(15)13-4-6-17-7-5-13/h8-9H,2-7H2,1H3. The van der Waals surface area contributed by atoms with Gasteiger partial charge in [-0.15, -0.1) is 0 Å². The summed E-state index contributed by atoms with van der Waals surface area (Å²) in [5.41, 5.74) is 0. The van der Waals surface area contributed by atoms with Crippen LogP contribution in [0.1, 0.15) is 13.3 Å². The summed E-state index contributed by atoms with van der Waals surface area (Å²) in [6.45, 7) is 4.90. The van der Waals surface area contributed by atoms with Crippen molar-refractivity contribution in [3.63, 3.8) is 0 Å². The van der Waals surface area contributed by atoms with E-state index in [0.717, 1.165) is 6.42 Å². The third-order valence-electron chi connectivity index (χ3n) is 3.32. The Morgan fingerprint density at radius 3 is 2.59 bits per heavy atom. The van der Waals surface area contributed by atoms with Gasteiger partial charge in [0.1, 0.15) is 6.04 Å². The number of likely N-dealkylation sites (tertiary alicyclic amines) is 1. The SMILES string of the molecule is CC(C(=O)N1CCOCC1)N1CCC(Br)C1=O. The number of halogens is 1. The number of hydrogen-bond donors (Lipinski definition) is 0. The molecule has 2 rings (SSSR count). The molecule has 2 unspecified atom stereocenters. The average molecular weight is 305 g/mol. The van der Waals surface area contributed by atoms with Gasteiger partial charge in [0.05, 0.1) is 18.0 Å². The highest BCUT2D eigenvalue weighted by molar-refractivity contribution is 9.10. The Morgan fingerprint density at radius 2 is 2.06 bits per heavy atom. The van der Waals surface area contributed by atoms with Crippen LogP contribution in [0.4, 0.5) is 0 Å². The first-order valence-electron chi connectivity index (χ1n) is 5.92. The van der Waals surface area contributed by atoms with Crippen molar-refractivity contribution in [1.29, 1.82) is 0 Å². The smallest absolute Gasteiger partial charge is 0.245 e. The molecule has 2 amide bonds. The Morgan fingerprint density at radius 1 is 1.41 bits per heavy atom. The van der Waals surface area contributed by atoms with Crippen LogP contribution < -0.4 is 0 Å². The summed E-state index contributed by atoms with van der Waals surface area (Å²) in [5.74, 6) is 0.0577. The first-order chi connectivity index (χ1) is 8.11. The third kappa shape index (κ3) is 2.63. The van der Waals surface area contributed by atoms with Crippen molar-refractivity contribution in [3.8, 4) is 0 Å². The van der Waals surface area contributed by atoms with Gasteiger partial charge in [-0.05, 0) is 13.3 Å². The molecule has 96 valence electrons. The van der Waals surface area contributed by atoms with Crippen molar-refractivity contribution in [2.75, 3.05) is 32.8 Å². The molecule has 2 aliphatic heterocycles. The first kappa shape index (κ1) is 12.8. The van der Waals surface area contributed by atoms with Gasteiger partial charge in [-0.25, -0.2) is 0 Å². The van der Waals surface area contributed by atoms with Gasteiger partial charge < -0.3 is 14.5 Å². The molecule has 0 bridgehead atoms. The van der Waals surface area contributed by atoms with Gasteiger partial charge >= 0.3 is 0 Å². The molecule has 0 N–H and O–H groups in total. The Kier molecular flexibility index (Phi) is 4.04. The number of hydrogen-bond acceptors (Lipinski definition) is 3. The van der Waals surface area contributed by atoms with Gasteiger partial charge in [-0.1, -0.05) is 15.9 Å². The minimum Gasteiger partial charge on any atom is -0.378 e. The Hall–Kier alpha value is -0.620. The van der Waals surface area contributed by atoms with Crippen LogP contribution in [0.2, 0.25) is 0 Å². The van der Waals surface area contributed by atoms with E-state index in [4.69, 9.17) is 4.74 Å². The van der Waals surface area contributed by atoms with Gasteiger partial charge in [0.2, 0.25) is 11.8 Å². The van der Waals surface area contributed by atoms with E-state index in [1.165, 1.54) is 0 Å². The number of ether oxygens (including phenoxy) is 1. The molecule has 2 atom stereocenters. The lowest BCUT2D eigenvalue weighted by molar-refractivity contribution is -0.145. The number of nitrogens with zero attached hydrogens (tertiary/aromatic N) is 2. The van der Waals surface area contributed by atoms with Crippen LogP contribution in [0.5, 0.6) is 0 Å². The zero-order chi connectivity index (χ0) is 12.4. The summed E-state index contributed by atoms with van der Waals surface area (Å²) in [7, 11) is 0. The molecule has 0 aromatic heterocycles. The van der Waals surface area contributed by atoms with Crippen molar-refractivity contribution < 1.29 is 14.3 Å². The Balaban J connectivity index is 1.97. The maximum absolute atomic E-state index is 12.2. The van der Waals surface area contributed by atoms with Crippen molar-refractivity contribution in [1.82, 2.24) is 9.80 Å². The number of morpholine rings is 1. The summed E-state index contributed by atoms with van der Waals surface area (Å²) in [6.07, 6.45) is 0.777. The average Bonchev–Trinajstić information content (AvgIpc) is 2.69. The van der Waals surface area contributed by atoms with Crippen LogP contribution in [0.3, 0.4) is 0 Å². The quantitative estimate of drug-likeness (QED) is 0.686. The number of alkyl halides is 1. The van der Waals surface area contributed by atoms with Crippen LogP contribution in [0.15, 0.2) is 0 Å². The Bertz CT molecular complexity index is 318. The van der Waals surface area contributed by atoms with Crippen molar-refractivity contribution in [2.45, 2.75) is 24.2 Å². The highest BCUT2D eigenvalue weighted by Gasteiger charge is 2.36.